The van der Waals surface area contributed by atoms with Crippen LogP contribution < -0.4 is 10.6 Å². The Bertz CT molecular complexity index is 337. The van der Waals surface area contributed by atoms with Crippen LogP contribution in [0.5, 0.6) is 0 Å². The number of aromatic nitrogens is 1. The molecule has 1 aliphatic heterocycles. The number of rotatable bonds is 1. The van der Waals surface area contributed by atoms with E-state index < -0.39 is 0 Å². The Balaban J connectivity index is 2.28. The Labute approximate surface area is 87.5 Å². The highest BCUT2D eigenvalue weighted by Crippen LogP contribution is 2.36. The van der Waals surface area contributed by atoms with Crippen LogP contribution in [0.15, 0.2) is 6.07 Å². The summed E-state index contributed by atoms with van der Waals surface area (Å²) in [4.78, 5) is 2.17. The molecule has 1 aliphatic rings. The van der Waals surface area contributed by atoms with Crippen molar-refractivity contribution in [2.45, 2.75) is 31.9 Å². The minimum absolute atomic E-state index is 0.209. The van der Waals surface area contributed by atoms with Gasteiger partial charge in [-0.1, -0.05) is 0 Å². The molecule has 2 heterocycles. The highest BCUT2D eigenvalue weighted by Gasteiger charge is 2.40. The quantitative estimate of drug-likeness (QED) is 0.732. The summed E-state index contributed by atoms with van der Waals surface area (Å²) in [6, 6.07) is 1.87. The molecule has 5 heteroatoms. The number of hydrogen-bond donors (Lipinski definition) is 2. The van der Waals surface area contributed by atoms with Gasteiger partial charge in [-0.25, -0.2) is 0 Å². The number of nitrogens with zero attached hydrogens (tertiary/aromatic N) is 2. The van der Waals surface area contributed by atoms with Crippen LogP contribution in [0.3, 0.4) is 0 Å². The number of aliphatic hydroxyl groups is 1. The highest BCUT2D eigenvalue weighted by atomic mass is 32.1. The van der Waals surface area contributed by atoms with Gasteiger partial charge in [-0.3, -0.25) is 0 Å². The Kier molecular flexibility index (Phi) is 2.16. The van der Waals surface area contributed by atoms with Gasteiger partial charge in [-0.05, 0) is 31.8 Å². The molecule has 0 saturated carbocycles. The third-order valence-electron chi connectivity index (χ3n) is 2.92. The zero-order chi connectivity index (χ0) is 10.3. The predicted molar refractivity (Wildman–Crippen MR) is 58.6 cm³/mol. The maximum Gasteiger partial charge on any atom is 0.139 e. The smallest absolute Gasteiger partial charge is 0.139 e. The van der Waals surface area contributed by atoms with Crippen LogP contribution in [-0.4, -0.2) is 27.7 Å². The van der Waals surface area contributed by atoms with Crippen molar-refractivity contribution in [3.8, 4) is 0 Å². The Morgan fingerprint density at radius 2 is 2.43 bits per heavy atom. The molecule has 2 rings (SSSR count). The zero-order valence-electron chi connectivity index (χ0n) is 8.40. The molecule has 1 saturated heterocycles. The second-order valence-electron chi connectivity index (χ2n) is 4.20. The molecular weight excluding hydrogens is 198 g/mol. The molecule has 0 spiro atoms. The summed E-state index contributed by atoms with van der Waals surface area (Å²) in [5.41, 5.74) is 5.37. The summed E-state index contributed by atoms with van der Waals surface area (Å²) in [7, 11) is 0. The molecule has 0 radical (unpaired) electrons. The minimum Gasteiger partial charge on any atom is -0.391 e. The third kappa shape index (κ3) is 1.36. The van der Waals surface area contributed by atoms with E-state index in [1.54, 1.807) is 0 Å². The Morgan fingerprint density at radius 1 is 1.71 bits per heavy atom. The third-order valence-corrected chi connectivity index (χ3v) is 3.75. The predicted octanol–water partition coefficient (Wildman–Crippen LogP) is 1.07. The summed E-state index contributed by atoms with van der Waals surface area (Å²) < 4.78 is 4.05. The SMILES string of the molecule is CC1(C)C(O)CCN1c1cc(N)ns1. The normalized spacial score (nSPS) is 25.6. The molecule has 0 bridgehead atoms. The van der Waals surface area contributed by atoms with Crippen LogP contribution in [0.25, 0.3) is 0 Å². The largest absolute Gasteiger partial charge is 0.391 e. The molecule has 14 heavy (non-hydrogen) atoms. The summed E-state index contributed by atoms with van der Waals surface area (Å²) in [6.07, 6.45) is 0.538. The molecule has 0 amide bonds. The summed E-state index contributed by atoms with van der Waals surface area (Å²) >= 11 is 1.39. The van der Waals surface area contributed by atoms with Crippen molar-refractivity contribution in [3.63, 3.8) is 0 Å². The van der Waals surface area contributed by atoms with Crippen LogP contribution in [0.4, 0.5) is 10.8 Å². The van der Waals surface area contributed by atoms with Crippen molar-refractivity contribution in [2.24, 2.45) is 0 Å². The van der Waals surface area contributed by atoms with Gasteiger partial charge in [0.2, 0.25) is 0 Å². The molecular formula is C9H15N3OS. The molecule has 78 valence electrons. The monoisotopic (exact) mass is 213 g/mol. The van der Waals surface area contributed by atoms with Crippen molar-refractivity contribution in [2.75, 3.05) is 17.2 Å². The van der Waals surface area contributed by atoms with Gasteiger partial charge in [0.05, 0.1) is 11.6 Å². The number of nitrogen functional groups attached to an aromatic ring is 1. The molecule has 1 aromatic rings. The van der Waals surface area contributed by atoms with Crippen molar-refractivity contribution >= 4 is 22.4 Å². The first-order valence-corrected chi connectivity index (χ1v) is 5.47. The molecule has 0 aliphatic carbocycles. The van der Waals surface area contributed by atoms with Gasteiger partial charge in [0.1, 0.15) is 10.8 Å². The fourth-order valence-electron chi connectivity index (χ4n) is 1.87. The van der Waals surface area contributed by atoms with Gasteiger partial charge in [-0.15, -0.1) is 0 Å². The van der Waals surface area contributed by atoms with E-state index >= 15 is 0 Å². The lowest BCUT2D eigenvalue weighted by molar-refractivity contribution is 0.127. The second-order valence-corrected chi connectivity index (χ2v) is 4.98. The van der Waals surface area contributed by atoms with Crippen LogP contribution in [0.1, 0.15) is 20.3 Å². The Morgan fingerprint density at radius 3 is 2.86 bits per heavy atom. The van der Waals surface area contributed by atoms with E-state index in [9.17, 15) is 5.11 Å². The van der Waals surface area contributed by atoms with E-state index in [1.807, 2.05) is 19.9 Å². The number of anilines is 2. The summed E-state index contributed by atoms with van der Waals surface area (Å²) in [6.45, 7) is 4.96. The van der Waals surface area contributed by atoms with E-state index in [1.165, 1.54) is 11.5 Å². The van der Waals surface area contributed by atoms with Gasteiger partial charge >= 0.3 is 0 Å². The second kappa shape index (κ2) is 3.10. The first-order chi connectivity index (χ1) is 6.51. The molecule has 1 atom stereocenters. The first-order valence-electron chi connectivity index (χ1n) is 4.69. The van der Waals surface area contributed by atoms with Crippen molar-refractivity contribution in [1.29, 1.82) is 0 Å². The number of aliphatic hydroxyl groups excluding tert-OH is 1. The van der Waals surface area contributed by atoms with Gasteiger partial charge in [0.25, 0.3) is 0 Å². The molecule has 1 unspecified atom stereocenters. The van der Waals surface area contributed by atoms with Crippen LogP contribution in [0.2, 0.25) is 0 Å². The van der Waals surface area contributed by atoms with Crippen LogP contribution in [-0.2, 0) is 0 Å². The summed E-state index contributed by atoms with van der Waals surface area (Å²) in [5.74, 6) is 0.558. The minimum atomic E-state index is -0.272. The van der Waals surface area contributed by atoms with Crippen LogP contribution in [0, 0.1) is 0 Å². The fraction of sp³-hybridized carbons (Fsp3) is 0.667. The van der Waals surface area contributed by atoms with E-state index in [-0.39, 0.29) is 11.6 Å². The lowest BCUT2D eigenvalue weighted by Gasteiger charge is -2.34. The topological polar surface area (TPSA) is 62.4 Å². The zero-order valence-corrected chi connectivity index (χ0v) is 9.21. The number of nitrogens with two attached hydrogens (primary N) is 1. The van der Waals surface area contributed by atoms with Crippen molar-refractivity contribution in [1.82, 2.24) is 4.37 Å². The first kappa shape index (κ1) is 9.73. The summed E-state index contributed by atoms with van der Waals surface area (Å²) in [5, 5.41) is 10.9. The molecule has 0 aromatic carbocycles. The highest BCUT2D eigenvalue weighted by molar-refractivity contribution is 7.10. The van der Waals surface area contributed by atoms with Crippen molar-refractivity contribution < 1.29 is 5.11 Å². The molecule has 1 aromatic heterocycles. The van der Waals surface area contributed by atoms with Gasteiger partial charge in [-0.2, -0.15) is 4.37 Å². The van der Waals surface area contributed by atoms with E-state index in [2.05, 4.69) is 9.27 Å². The Hall–Kier alpha value is -0.810. The van der Waals surface area contributed by atoms with Crippen molar-refractivity contribution in [3.05, 3.63) is 6.07 Å². The number of hydrogen-bond acceptors (Lipinski definition) is 5. The van der Waals surface area contributed by atoms with E-state index in [0.29, 0.717) is 5.82 Å². The lowest BCUT2D eigenvalue weighted by Crippen LogP contribution is -2.44. The van der Waals surface area contributed by atoms with Gasteiger partial charge < -0.3 is 15.7 Å². The van der Waals surface area contributed by atoms with Crippen LogP contribution >= 0.6 is 11.5 Å². The average molecular weight is 213 g/mol. The average Bonchev–Trinajstić information content (AvgIpc) is 2.60. The molecule has 1 fully saturated rings. The van der Waals surface area contributed by atoms with Gasteiger partial charge in [0.15, 0.2) is 0 Å². The fourth-order valence-corrected chi connectivity index (χ4v) is 2.72. The standard InChI is InChI=1S/C9H15N3OS/c1-9(2)6(13)3-4-12(9)8-5-7(10)11-14-8/h5-6,13H,3-4H2,1-2H3,(H2,10,11). The van der Waals surface area contributed by atoms with E-state index in [4.69, 9.17) is 5.73 Å². The lowest BCUT2D eigenvalue weighted by atomic mass is 9.99. The molecule has 3 N–H and O–H groups in total. The van der Waals surface area contributed by atoms with E-state index in [0.717, 1.165) is 18.0 Å². The maximum absolute atomic E-state index is 9.81. The maximum atomic E-state index is 9.81. The van der Waals surface area contributed by atoms with Gasteiger partial charge in [0, 0.05) is 12.6 Å². The molecule has 4 nitrogen and oxygen atoms in total.